The van der Waals surface area contributed by atoms with Gasteiger partial charge in [-0.05, 0) is 6.42 Å². The van der Waals surface area contributed by atoms with Gasteiger partial charge in [-0.3, -0.25) is 0 Å². The summed E-state index contributed by atoms with van der Waals surface area (Å²) in [6.45, 7) is 5.84. The Morgan fingerprint density at radius 3 is 2.67 bits per heavy atom. The molecule has 0 aromatic heterocycles. The van der Waals surface area contributed by atoms with Gasteiger partial charge >= 0.3 is 0 Å². The van der Waals surface area contributed by atoms with Crippen LogP contribution in [0.5, 0.6) is 0 Å². The van der Waals surface area contributed by atoms with Crippen molar-refractivity contribution in [1.29, 1.82) is 0 Å². The Morgan fingerprint density at radius 1 is 1.33 bits per heavy atom. The monoisotopic (exact) mass is 236 g/mol. The first-order valence-electron chi connectivity index (χ1n) is 4.90. The normalized spacial score (nSPS) is 11.5. The third-order valence-electron chi connectivity index (χ3n) is 1.70. The van der Waals surface area contributed by atoms with Gasteiger partial charge in [0.25, 0.3) is 0 Å². The van der Waals surface area contributed by atoms with Crippen LogP contribution in [0, 0.1) is 0 Å². The standard InChI is InChI=1S/C9H20N2O3S/c1-3-4-9-15(12,13)11-6-5-10-7-8-14-2/h3,10-11H,1,4-9H2,2H3. The molecule has 90 valence electrons. The van der Waals surface area contributed by atoms with Gasteiger partial charge < -0.3 is 10.1 Å². The fourth-order valence-corrected chi connectivity index (χ4v) is 1.94. The lowest BCUT2D eigenvalue weighted by Crippen LogP contribution is -2.34. The molecular formula is C9H20N2O3S. The molecule has 0 radical (unpaired) electrons. The molecule has 0 saturated carbocycles. The summed E-state index contributed by atoms with van der Waals surface area (Å²) in [4.78, 5) is 0. The molecule has 0 rings (SSSR count). The van der Waals surface area contributed by atoms with E-state index in [1.165, 1.54) is 0 Å². The first kappa shape index (κ1) is 14.6. The van der Waals surface area contributed by atoms with E-state index in [0.29, 0.717) is 26.1 Å². The second kappa shape index (κ2) is 8.84. The molecule has 0 aliphatic heterocycles. The highest BCUT2D eigenvalue weighted by Crippen LogP contribution is 1.88. The second-order valence-corrected chi connectivity index (χ2v) is 4.96. The van der Waals surface area contributed by atoms with Gasteiger partial charge in [0.05, 0.1) is 12.4 Å². The molecule has 0 aromatic rings. The second-order valence-electron chi connectivity index (χ2n) is 3.03. The molecular weight excluding hydrogens is 216 g/mol. The molecule has 0 bridgehead atoms. The van der Waals surface area contributed by atoms with Crippen LogP contribution in [0.15, 0.2) is 12.7 Å². The fourth-order valence-electron chi connectivity index (χ4n) is 0.905. The number of allylic oxidation sites excluding steroid dienone is 1. The van der Waals surface area contributed by atoms with E-state index in [2.05, 4.69) is 16.6 Å². The van der Waals surface area contributed by atoms with E-state index in [4.69, 9.17) is 4.74 Å². The van der Waals surface area contributed by atoms with Crippen LogP contribution in [0.1, 0.15) is 6.42 Å². The molecule has 2 N–H and O–H groups in total. The average molecular weight is 236 g/mol. The minimum absolute atomic E-state index is 0.106. The SMILES string of the molecule is C=CCCS(=O)(=O)NCCNCCOC. The zero-order valence-electron chi connectivity index (χ0n) is 9.16. The van der Waals surface area contributed by atoms with Gasteiger partial charge in [0.1, 0.15) is 0 Å². The first-order chi connectivity index (χ1) is 7.12. The van der Waals surface area contributed by atoms with Crippen molar-refractivity contribution in [2.75, 3.05) is 39.1 Å². The third kappa shape index (κ3) is 9.86. The maximum Gasteiger partial charge on any atom is 0.211 e. The quantitative estimate of drug-likeness (QED) is 0.404. The van der Waals surface area contributed by atoms with E-state index < -0.39 is 10.0 Å². The maximum atomic E-state index is 11.3. The van der Waals surface area contributed by atoms with Crippen molar-refractivity contribution in [3.8, 4) is 0 Å². The van der Waals surface area contributed by atoms with Crippen molar-refractivity contribution in [1.82, 2.24) is 10.0 Å². The Hall–Kier alpha value is -0.430. The van der Waals surface area contributed by atoms with Crippen LogP contribution in [-0.2, 0) is 14.8 Å². The van der Waals surface area contributed by atoms with E-state index in [0.717, 1.165) is 6.54 Å². The number of hydrogen-bond donors (Lipinski definition) is 2. The van der Waals surface area contributed by atoms with E-state index in [9.17, 15) is 8.42 Å². The molecule has 0 amide bonds. The highest BCUT2D eigenvalue weighted by molar-refractivity contribution is 7.89. The summed E-state index contributed by atoms with van der Waals surface area (Å²) in [6, 6.07) is 0. The molecule has 0 atom stereocenters. The minimum Gasteiger partial charge on any atom is -0.383 e. The molecule has 0 aromatic carbocycles. The number of sulfonamides is 1. The lowest BCUT2D eigenvalue weighted by molar-refractivity contribution is 0.199. The van der Waals surface area contributed by atoms with Gasteiger partial charge in [0, 0.05) is 26.7 Å². The predicted molar refractivity (Wildman–Crippen MR) is 61.3 cm³/mol. The molecule has 0 unspecified atom stereocenters. The molecule has 0 heterocycles. The van der Waals surface area contributed by atoms with E-state index in [-0.39, 0.29) is 5.75 Å². The van der Waals surface area contributed by atoms with Crippen molar-refractivity contribution in [3.63, 3.8) is 0 Å². The van der Waals surface area contributed by atoms with Crippen LogP contribution in [0.3, 0.4) is 0 Å². The zero-order chi connectivity index (χ0) is 11.6. The summed E-state index contributed by atoms with van der Waals surface area (Å²) in [5.41, 5.74) is 0. The van der Waals surface area contributed by atoms with Crippen LogP contribution in [0.4, 0.5) is 0 Å². The average Bonchev–Trinajstić information content (AvgIpc) is 2.20. The van der Waals surface area contributed by atoms with Crippen molar-refractivity contribution < 1.29 is 13.2 Å². The van der Waals surface area contributed by atoms with E-state index in [1.54, 1.807) is 13.2 Å². The summed E-state index contributed by atoms with van der Waals surface area (Å²) in [5, 5.41) is 3.04. The summed E-state index contributed by atoms with van der Waals surface area (Å²) in [5.74, 6) is 0.106. The number of ether oxygens (including phenoxy) is 1. The van der Waals surface area contributed by atoms with Crippen molar-refractivity contribution >= 4 is 10.0 Å². The first-order valence-corrected chi connectivity index (χ1v) is 6.55. The van der Waals surface area contributed by atoms with Crippen LogP contribution in [0.25, 0.3) is 0 Å². The highest BCUT2D eigenvalue weighted by Gasteiger charge is 2.06. The molecule has 5 nitrogen and oxygen atoms in total. The Bertz CT molecular complexity index is 252. The largest absolute Gasteiger partial charge is 0.383 e. The van der Waals surface area contributed by atoms with Gasteiger partial charge in [-0.15, -0.1) is 6.58 Å². The highest BCUT2D eigenvalue weighted by atomic mass is 32.2. The summed E-state index contributed by atoms with van der Waals surface area (Å²) in [6.07, 6.45) is 2.07. The van der Waals surface area contributed by atoms with E-state index >= 15 is 0 Å². The smallest absolute Gasteiger partial charge is 0.211 e. The van der Waals surface area contributed by atoms with Crippen molar-refractivity contribution in [2.45, 2.75) is 6.42 Å². The van der Waals surface area contributed by atoms with Gasteiger partial charge in [-0.25, -0.2) is 13.1 Å². The van der Waals surface area contributed by atoms with Crippen molar-refractivity contribution in [3.05, 3.63) is 12.7 Å². The van der Waals surface area contributed by atoms with Crippen LogP contribution in [-0.4, -0.2) is 47.5 Å². The minimum atomic E-state index is -3.13. The Morgan fingerprint density at radius 2 is 2.07 bits per heavy atom. The van der Waals surface area contributed by atoms with Gasteiger partial charge in [-0.2, -0.15) is 0 Å². The summed E-state index contributed by atoms with van der Waals surface area (Å²) < 4.78 is 29.9. The van der Waals surface area contributed by atoms with Crippen molar-refractivity contribution in [2.24, 2.45) is 0 Å². The number of hydrogen-bond acceptors (Lipinski definition) is 4. The van der Waals surface area contributed by atoms with Crippen LogP contribution >= 0.6 is 0 Å². The van der Waals surface area contributed by atoms with Crippen LogP contribution < -0.4 is 10.0 Å². The van der Waals surface area contributed by atoms with E-state index in [1.807, 2.05) is 0 Å². The third-order valence-corrected chi connectivity index (χ3v) is 3.11. The fraction of sp³-hybridized carbons (Fsp3) is 0.778. The number of nitrogens with one attached hydrogen (secondary N) is 2. The summed E-state index contributed by atoms with van der Waals surface area (Å²) in [7, 11) is -1.50. The topological polar surface area (TPSA) is 67.4 Å². The molecule has 15 heavy (non-hydrogen) atoms. The Balaban J connectivity index is 3.44. The molecule has 0 saturated heterocycles. The van der Waals surface area contributed by atoms with Crippen LogP contribution in [0.2, 0.25) is 0 Å². The number of methoxy groups -OCH3 is 1. The number of rotatable bonds is 10. The predicted octanol–water partition coefficient (Wildman–Crippen LogP) is -0.282. The summed E-state index contributed by atoms with van der Waals surface area (Å²) >= 11 is 0. The lowest BCUT2D eigenvalue weighted by Gasteiger charge is -2.06. The Labute approximate surface area is 91.9 Å². The molecule has 0 spiro atoms. The maximum absolute atomic E-state index is 11.3. The van der Waals surface area contributed by atoms with Gasteiger partial charge in [-0.1, -0.05) is 6.08 Å². The van der Waals surface area contributed by atoms with Gasteiger partial charge in [0.2, 0.25) is 10.0 Å². The molecule has 0 aliphatic carbocycles. The van der Waals surface area contributed by atoms with Gasteiger partial charge in [0.15, 0.2) is 0 Å². The molecule has 0 aliphatic rings. The Kier molecular flexibility index (Phi) is 8.59. The molecule has 6 heteroatoms. The zero-order valence-corrected chi connectivity index (χ0v) is 9.98. The lowest BCUT2D eigenvalue weighted by atomic mass is 10.5. The molecule has 0 fully saturated rings.